The predicted molar refractivity (Wildman–Crippen MR) is 80.1 cm³/mol. The molecule has 0 bridgehead atoms. The molecule has 1 aromatic heterocycles. The van der Waals surface area contributed by atoms with Crippen LogP contribution in [0.25, 0.3) is 5.69 Å². The van der Waals surface area contributed by atoms with Crippen molar-refractivity contribution in [2.45, 2.75) is 20.3 Å². The third-order valence-electron chi connectivity index (χ3n) is 3.24. The maximum atomic E-state index is 11.4. The van der Waals surface area contributed by atoms with Gasteiger partial charge in [-0.2, -0.15) is 5.26 Å². The third kappa shape index (κ3) is 3.26. The molecule has 0 aliphatic rings. The van der Waals surface area contributed by atoms with Gasteiger partial charge in [-0.3, -0.25) is 4.57 Å². The van der Waals surface area contributed by atoms with Crippen molar-refractivity contribution >= 4 is 5.97 Å². The van der Waals surface area contributed by atoms with Crippen LogP contribution >= 0.6 is 0 Å². The zero-order chi connectivity index (χ0) is 16.1. The van der Waals surface area contributed by atoms with Crippen LogP contribution in [-0.4, -0.2) is 27.2 Å². The van der Waals surface area contributed by atoms with Crippen molar-refractivity contribution in [2.24, 2.45) is 5.92 Å². The van der Waals surface area contributed by atoms with Crippen LogP contribution in [0.3, 0.4) is 0 Å². The summed E-state index contributed by atoms with van der Waals surface area (Å²) >= 11 is 0. The largest absolute Gasteiger partial charge is 0.491 e. The van der Waals surface area contributed by atoms with E-state index >= 15 is 0 Å². The van der Waals surface area contributed by atoms with E-state index in [4.69, 9.17) is 10.00 Å². The molecule has 22 heavy (non-hydrogen) atoms. The molecular formula is C16H17N3O3. The Morgan fingerprint density at radius 3 is 2.91 bits per heavy atom. The first-order valence-electron chi connectivity index (χ1n) is 6.91. The molecule has 1 atom stereocenters. The van der Waals surface area contributed by atoms with Crippen LogP contribution in [0, 0.1) is 24.2 Å². The normalized spacial score (nSPS) is 11.7. The summed E-state index contributed by atoms with van der Waals surface area (Å²) in [5.74, 6) is -0.378. The average Bonchev–Trinajstić information content (AvgIpc) is 2.87. The Hall–Kier alpha value is -2.81. The topological polar surface area (TPSA) is 88.1 Å². The highest BCUT2D eigenvalue weighted by Crippen LogP contribution is 2.25. The molecule has 2 aromatic rings. The van der Waals surface area contributed by atoms with Crippen LogP contribution < -0.4 is 4.74 Å². The van der Waals surface area contributed by atoms with Crippen molar-refractivity contribution < 1.29 is 14.6 Å². The standard InChI is InChI=1S/C16H17N3O3/c1-11(7-8-17)9-22-14-6-4-3-5-13(14)19-10-18-12(2)15(19)16(20)21/h3-6,10-11H,7,9H2,1-2H3,(H,20,21). The van der Waals surface area contributed by atoms with Gasteiger partial charge in [0.15, 0.2) is 5.69 Å². The third-order valence-corrected chi connectivity index (χ3v) is 3.24. The number of carbonyl (C=O) groups is 1. The summed E-state index contributed by atoms with van der Waals surface area (Å²) in [5.41, 5.74) is 1.17. The van der Waals surface area contributed by atoms with Gasteiger partial charge in [-0.25, -0.2) is 9.78 Å². The fourth-order valence-electron chi connectivity index (χ4n) is 2.10. The van der Waals surface area contributed by atoms with E-state index < -0.39 is 5.97 Å². The van der Waals surface area contributed by atoms with Gasteiger partial charge in [-0.1, -0.05) is 19.1 Å². The second kappa shape index (κ2) is 6.76. The number of imidazole rings is 1. The van der Waals surface area contributed by atoms with E-state index in [1.165, 1.54) is 10.9 Å². The Morgan fingerprint density at radius 2 is 2.23 bits per heavy atom. The number of hydrogen-bond donors (Lipinski definition) is 1. The number of carboxylic acid groups (broad SMARTS) is 1. The first-order chi connectivity index (χ1) is 10.5. The van der Waals surface area contributed by atoms with Gasteiger partial charge >= 0.3 is 5.97 Å². The molecule has 0 aliphatic carbocycles. The zero-order valence-corrected chi connectivity index (χ0v) is 12.5. The van der Waals surface area contributed by atoms with Crippen LogP contribution in [-0.2, 0) is 0 Å². The molecule has 6 nitrogen and oxygen atoms in total. The lowest BCUT2D eigenvalue weighted by atomic mass is 10.1. The molecule has 1 aromatic carbocycles. The Labute approximate surface area is 128 Å². The van der Waals surface area contributed by atoms with E-state index in [0.29, 0.717) is 30.2 Å². The molecule has 2 rings (SSSR count). The number of nitriles is 1. The quantitative estimate of drug-likeness (QED) is 0.886. The van der Waals surface area contributed by atoms with Gasteiger partial charge in [0.25, 0.3) is 0 Å². The molecule has 6 heteroatoms. The SMILES string of the molecule is Cc1ncn(-c2ccccc2OCC(C)CC#N)c1C(=O)O. The van der Waals surface area contributed by atoms with Gasteiger partial charge in [0, 0.05) is 12.3 Å². The summed E-state index contributed by atoms with van der Waals surface area (Å²) in [7, 11) is 0. The number of aryl methyl sites for hydroxylation is 1. The van der Waals surface area contributed by atoms with E-state index in [1.54, 1.807) is 19.1 Å². The lowest BCUT2D eigenvalue weighted by molar-refractivity contribution is 0.0687. The highest BCUT2D eigenvalue weighted by molar-refractivity contribution is 5.88. The van der Waals surface area contributed by atoms with Crippen molar-refractivity contribution in [3.05, 3.63) is 42.0 Å². The van der Waals surface area contributed by atoms with Crippen molar-refractivity contribution in [2.75, 3.05) is 6.61 Å². The highest BCUT2D eigenvalue weighted by atomic mass is 16.5. The number of rotatable bonds is 6. The smallest absolute Gasteiger partial charge is 0.354 e. The fraction of sp³-hybridized carbons (Fsp3) is 0.312. The summed E-state index contributed by atoms with van der Waals surface area (Å²) in [6, 6.07) is 9.28. The first kappa shape index (κ1) is 15.6. The molecule has 0 aliphatic heterocycles. The molecule has 114 valence electrons. The van der Waals surface area contributed by atoms with Gasteiger partial charge in [0.1, 0.15) is 12.1 Å². The van der Waals surface area contributed by atoms with E-state index in [0.717, 1.165) is 0 Å². The second-order valence-electron chi connectivity index (χ2n) is 5.10. The summed E-state index contributed by atoms with van der Waals surface area (Å²) in [5, 5.41) is 18.0. The van der Waals surface area contributed by atoms with E-state index in [-0.39, 0.29) is 11.6 Å². The fourth-order valence-corrected chi connectivity index (χ4v) is 2.10. The summed E-state index contributed by atoms with van der Waals surface area (Å²) in [4.78, 5) is 15.5. The molecular weight excluding hydrogens is 282 g/mol. The van der Waals surface area contributed by atoms with Crippen molar-refractivity contribution in [3.63, 3.8) is 0 Å². The Bertz CT molecular complexity index is 716. The van der Waals surface area contributed by atoms with E-state index in [2.05, 4.69) is 11.1 Å². The van der Waals surface area contributed by atoms with Crippen molar-refractivity contribution in [1.29, 1.82) is 5.26 Å². The Balaban J connectivity index is 2.33. The van der Waals surface area contributed by atoms with Gasteiger partial charge in [-0.15, -0.1) is 0 Å². The van der Waals surface area contributed by atoms with Crippen LogP contribution in [0.2, 0.25) is 0 Å². The maximum Gasteiger partial charge on any atom is 0.354 e. The first-order valence-corrected chi connectivity index (χ1v) is 6.91. The van der Waals surface area contributed by atoms with Crippen molar-refractivity contribution in [1.82, 2.24) is 9.55 Å². The number of ether oxygens (including phenoxy) is 1. The maximum absolute atomic E-state index is 11.4. The number of aromatic carboxylic acids is 1. The van der Waals surface area contributed by atoms with Crippen LogP contribution in [0.15, 0.2) is 30.6 Å². The van der Waals surface area contributed by atoms with E-state index in [1.807, 2.05) is 19.1 Å². The van der Waals surface area contributed by atoms with Gasteiger partial charge in [-0.05, 0) is 19.1 Å². The van der Waals surface area contributed by atoms with E-state index in [9.17, 15) is 9.90 Å². The van der Waals surface area contributed by atoms with Gasteiger partial charge < -0.3 is 9.84 Å². The Kier molecular flexibility index (Phi) is 4.79. The summed E-state index contributed by atoms with van der Waals surface area (Å²) < 4.78 is 7.26. The predicted octanol–water partition coefficient (Wildman–Crippen LogP) is 2.81. The molecule has 0 amide bonds. The monoisotopic (exact) mass is 299 g/mol. The molecule has 0 saturated carbocycles. The minimum Gasteiger partial charge on any atom is -0.491 e. The van der Waals surface area contributed by atoms with Crippen LogP contribution in [0.4, 0.5) is 0 Å². The minimum atomic E-state index is -1.04. The molecule has 1 unspecified atom stereocenters. The van der Waals surface area contributed by atoms with Crippen molar-refractivity contribution in [3.8, 4) is 17.5 Å². The number of para-hydroxylation sites is 2. The number of hydrogen-bond acceptors (Lipinski definition) is 4. The van der Waals surface area contributed by atoms with Gasteiger partial charge in [0.2, 0.25) is 0 Å². The average molecular weight is 299 g/mol. The lowest BCUT2D eigenvalue weighted by Gasteiger charge is -2.15. The van der Waals surface area contributed by atoms with Crippen LogP contribution in [0.5, 0.6) is 5.75 Å². The summed E-state index contributed by atoms with van der Waals surface area (Å²) in [6.07, 6.45) is 1.88. The van der Waals surface area contributed by atoms with Crippen LogP contribution in [0.1, 0.15) is 29.5 Å². The number of carboxylic acids is 1. The molecule has 0 spiro atoms. The zero-order valence-electron chi connectivity index (χ0n) is 12.5. The molecule has 0 saturated heterocycles. The molecule has 1 N–H and O–H groups in total. The summed E-state index contributed by atoms with van der Waals surface area (Å²) in [6.45, 7) is 3.97. The number of nitrogens with zero attached hydrogens (tertiary/aromatic N) is 3. The van der Waals surface area contributed by atoms with Gasteiger partial charge in [0.05, 0.1) is 24.1 Å². The lowest BCUT2D eigenvalue weighted by Crippen LogP contribution is -2.12. The number of benzene rings is 1. The molecule has 0 radical (unpaired) electrons. The second-order valence-corrected chi connectivity index (χ2v) is 5.10. The number of aromatic nitrogens is 2. The molecule has 1 heterocycles. The minimum absolute atomic E-state index is 0.0986. The molecule has 0 fully saturated rings. The Morgan fingerprint density at radius 1 is 1.50 bits per heavy atom. The highest BCUT2D eigenvalue weighted by Gasteiger charge is 2.18.